The van der Waals surface area contributed by atoms with Crippen molar-refractivity contribution in [1.29, 1.82) is 0 Å². The van der Waals surface area contributed by atoms with Crippen molar-refractivity contribution < 1.29 is 14.5 Å². The van der Waals surface area contributed by atoms with E-state index in [2.05, 4.69) is 4.99 Å². The minimum Gasteiger partial charge on any atom is -0.434 e. The molecule has 0 fully saturated rings. The van der Waals surface area contributed by atoms with Crippen LogP contribution in [0.25, 0.3) is 10.8 Å². The summed E-state index contributed by atoms with van der Waals surface area (Å²) in [6, 6.07) is 13.4. The Morgan fingerprint density at radius 1 is 1.21 bits per heavy atom. The van der Waals surface area contributed by atoms with Crippen molar-refractivity contribution in [3.8, 4) is 0 Å². The van der Waals surface area contributed by atoms with Crippen LogP contribution in [0.3, 0.4) is 0 Å². The van der Waals surface area contributed by atoms with E-state index < -0.39 is 23.0 Å². The third-order valence-corrected chi connectivity index (χ3v) is 4.14. The topological polar surface area (TPSA) is 81.8 Å². The third-order valence-electron chi connectivity index (χ3n) is 4.14. The molecule has 2 aromatic rings. The van der Waals surface area contributed by atoms with E-state index in [-0.39, 0.29) is 12.5 Å². The van der Waals surface area contributed by atoms with Gasteiger partial charge in [-0.2, -0.15) is 0 Å². The van der Waals surface area contributed by atoms with Crippen molar-refractivity contribution in [2.24, 2.45) is 10.9 Å². The van der Waals surface area contributed by atoms with Gasteiger partial charge in [0.2, 0.25) is 12.8 Å². The van der Waals surface area contributed by atoms with Gasteiger partial charge in [-0.1, -0.05) is 56.3 Å². The van der Waals surface area contributed by atoms with Gasteiger partial charge in [0.15, 0.2) is 0 Å². The first kappa shape index (κ1) is 16.1. The summed E-state index contributed by atoms with van der Waals surface area (Å²) < 4.78 is 5.32. The molecule has 0 amide bonds. The molecule has 0 aromatic heterocycles. The lowest BCUT2D eigenvalue weighted by Crippen LogP contribution is -2.25. The zero-order valence-electron chi connectivity index (χ0n) is 13.5. The molecule has 1 aliphatic rings. The number of hydrogen-bond donors (Lipinski definition) is 0. The monoisotopic (exact) mass is 326 g/mol. The van der Waals surface area contributed by atoms with Crippen LogP contribution in [0.2, 0.25) is 0 Å². The number of rotatable bonds is 5. The zero-order chi connectivity index (χ0) is 17.3. The molecule has 6 heteroatoms. The van der Waals surface area contributed by atoms with Crippen LogP contribution in [0.1, 0.15) is 25.3 Å². The van der Waals surface area contributed by atoms with Gasteiger partial charge in [-0.15, -0.1) is 0 Å². The molecule has 1 aliphatic heterocycles. The number of esters is 1. The summed E-state index contributed by atoms with van der Waals surface area (Å²) in [5, 5.41) is 13.2. The molecule has 0 radical (unpaired) electrons. The van der Waals surface area contributed by atoms with Crippen LogP contribution in [-0.4, -0.2) is 29.4 Å². The Bertz CT molecular complexity index is 829. The molecular formula is C18H18N2O4. The summed E-state index contributed by atoms with van der Waals surface area (Å²) in [4.78, 5) is 27.0. The van der Waals surface area contributed by atoms with Gasteiger partial charge in [0.25, 0.3) is 0 Å². The Balaban J connectivity index is 1.99. The van der Waals surface area contributed by atoms with E-state index in [1.807, 2.05) is 56.3 Å². The zero-order valence-corrected chi connectivity index (χ0v) is 13.5. The molecule has 0 spiro atoms. The average molecular weight is 326 g/mol. The molecule has 1 unspecified atom stereocenters. The number of cyclic esters (lactones) is 1. The lowest BCUT2D eigenvalue weighted by atomic mass is 9.95. The first-order valence-corrected chi connectivity index (χ1v) is 7.85. The Labute approximate surface area is 139 Å². The highest BCUT2D eigenvalue weighted by Gasteiger charge is 2.38. The van der Waals surface area contributed by atoms with Crippen LogP contribution in [0.4, 0.5) is 0 Å². The van der Waals surface area contributed by atoms with E-state index >= 15 is 0 Å². The highest BCUT2D eigenvalue weighted by Crippen LogP contribution is 2.30. The fraction of sp³-hybridized carbons (Fsp3) is 0.333. The van der Waals surface area contributed by atoms with Gasteiger partial charge in [-0.25, -0.2) is 9.79 Å². The van der Waals surface area contributed by atoms with Gasteiger partial charge in [-0.3, -0.25) is 10.1 Å². The number of fused-ring (bicyclic) bond motifs is 1. The minimum absolute atomic E-state index is 0.0737. The molecular weight excluding hydrogens is 308 g/mol. The maximum absolute atomic E-state index is 11.9. The van der Waals surface area contributed by atoms with Crippen molar-refractivity contribution >= 4 is 22.5 Å². The van der Waals surface area contributed by atoms with Crippen molar-refractivity contribution in [2.45, 2.75) is 26.0 Å². The maximum Gasteiger partial charge on any atom is 0.354 e. The van der Waals surface area contributed by atoms with Crippen molar-refractivity contribution in [1.82, 2.24) is 0 Å². The average Bonchev–Trinajstić information content (AvgIpc) is 2.94. The van der Waals surface area contributed by atoms with Crippen LogP contribution in [-0.2, 0) is 9.53 Å². The summed E-state index contributed by atoms with van der Waals surface area (Å²) in [6.07, 6.45) is -0.846. The van der Waals surface area contributed by atoms with E-state index in [1.54, 1.807) is 0 Å². The predicted molar refractivity (Wildman–Crippen MR) is 90.7 cm³/mol. The third kappa shape index (κ3) is 3.13. The summed E-state index contributed by atoms with van der Waals surface area (Å²) >= 11 is 0. The molecule has 0 saturated heterocycles. The number of ether oxygens (including phenoxy) is 1. The van der Waals surface area contributed by atoms with E-state index in [4.69, 9.17) is 4.74 Å². The number of nitrogens with zero attached hydrogens (tertiary/aromatic N) is 2. The minimum atomic E-state index is -0.846. The molecule has 2 atom stereocenters. The van der Waals surface area contributed by atoms with Gasteiger partial charge >= 0.3 is 5.97 Å². The normalized spacial score (nSPS) is 18.5. The second-order valence-corrected chi connectivity index (χ2v) is 6.19. The van der Waals surface area contributed by atoms with E-state index in [1.165, 1.54) is 0 Å². The Morgan fingerprint density at radius 2 is 1.92 bits per heavy atom. The molecule has 0 N–H and O–H groups in total. The quantitative estimate of drug-likeness (QED) is 0.480. The maximum atomic E-state index is 11.9. The smallest absolute Gasteiger partial charge is 0.354 e. The summed E-state index contributed by atoms with van der Waals surface area (Å²) in [5.74, 6) is -1.16. The first-order valence-electron chi connectivity index (χ1n) is 7.85. The molecule has 3 rings (SSSR count). The molecule has 1 heterocycles. The number of carbonyl (C=O) groups excluding carboxylic acids is 1. The summed E-state index contributed by atoms with van der Waals surface area (Å²) in [5.41, 5.74) is 1.09. The van der Waals surface area contributed by atoms with E-state index in [0.717, 1.165) is 16.3 Å². The number of nitro groups is 1. The fourth-order valence-electron chi connectivity index (χ4n) is 2.90. The predicted octanol–water partition coefficient (Wildman–Crippen LogP) is 3.18. The fourth-order valence-corrected chi connectivity index (χ4v) is 2.90. The van der Waals surface area contributed by atoms with Crippen LogP contribution in [0, 0.1) is 16.0 Å². The lowest BCUT2D eigenvalue weighted by molar-refractivity contribution is -0.485. The van der Waals surface area contributed by atoms with Crippen LogP contribution < -0.4 is 0 Å². The van der Waals surface area contributed by atoms with Crippen molar-refractivity contribution in [2.75, 3.05) is 6.54 Å². The molecule has 6 nitrogen and oxygen atoms in total. The lowest BCUT2D eigenvalue weighted by Gasteiger charge is -2.18. The van der Waals surface area contributed by atoms with Gasteiger partial charge < -0.3 is 4.74 Å². The largest absolute Gasteiger partial charge is 0.434 e. The molecule has 24 heavy (non-hydrogen) atoms. The highest BCUT2D eigenvalue weighted by atomic mass is 16.6. The SMILES string of the molecule is CC(C)C1=NC([C@@H](C[N+](=O)[O-])c2ccc3ccccc3c2)OC1=O. The molecule has 0 saturated carbocycles. The van der Waals surface area contributed by atoms with Crippen molar-refractivity contribution in [3.63, 3.8) is 0 Å². The molecule has 0 aliphatic carbocycles. The second-order valence-electron chi connectivity index (χ2n) is 6.19. The first-order chi connectivity index (χ1) is 11.5. The Hall–Kier alpha value is -2.76. The summed E-state index contributed by atoms with van der Waals surface area (Å²) in [6.45, 7) is 3.35. The molecule has 2 aromatic carbocycles. The number of benzene rings is 2. The Morgan fingerprint density at radius 3 is 2.54 bits per heavy atom. The standard InChI is InChI=1S/C18H18N2O4/c1-11(2)16-18(21)24-17(19-16)15(10-20(22)23)14-8-7-12-5-3-4-6-13(12)9-14/h3-9,11,15,17H,10H2,1-2H3/t15-,17?/m0/s1. The highest BCUT2D eigenvalue weighted by molar-refractivity contribution is 6.38. The number of hydrogen-bond acceptors (Lipinski definition) is 5. The second kappa shape index (κ2) is 6.39. The van der Waals surface area contributed by atoms with Crippen LogP contribution >= 0.6 is 0 Å². The molecule has 124 valence electrons. The molecule has 0 bridgehead atoms. The number of aliphatic imine (C=N–C) groups is 1. The van der Waals surface area contributed by atoms with E-state index in [9.17, 15) is 14.9 Å². The van der Waals surface area contributed by atoms with Gasteiger partial charge in [0.1, 0.15) is 11.6 Å². The summed E-state index contributed by atoms with van der Waals surface area (Å²) in [7, 11) is 0. The van der Waals surface area contributed by atoms with Crippen molar-refractivity contribution in [3.05, 3.63) is 58.1 Å². The van der Waals surface area contributed by atoms with Crippen LogP contribution in [0.5, 0.6) is 0 Å². The van der Waals surface area contributed by atoms with E-state index in [0.29, 0.717) is 5.71 Å². The number of carbonyl (C=O) groups is 1. The van der Waals surface area contributed by atoms with Gasteiger partial charge in [-0.05, 0) is 16.3 Å². The van der Waals surface area contributed by atoms with Gasteiger partial charge in [0, 0.05) is 10.8 Å². The van der Waals surface area contributed by atoms with Gasteiger partial charge in [0.05, 0.1) is 0 Å². The Kier molecular flexibility index (Phi) is 4.29. The van der Waals surface area contributed by atoms with Crippen LogP contribution in [0.15, 0.2) is 47.5 Å².